The number of rotatable bonds is 2. The molecule has 0 spiro atoms. The van der Waals surface area contributed by atoms with Crippen molar-refractivity contribution in [2.45, 2.75) is 0 Å². The topological polar surface area (TPSA) is 67.2 Å². The molecule has 1 fully saturated rings. The Morgan fingerprint density at radius 1 is 1.64 bits per heavy atom. The first-order valence-electron chi connectivity index (χ1n) is 3.16. The van der Waals surface area contributed by atoms with E-state index in [1.807, 2.05) is 0 Å². The Hall–Kier alpha value is -0.910. The molecule has 1 heterocycles. The smallest absolute Gasteiger partial charge is 0.342 e. The standard InChI is InChI=1S/C5H9N3O2S/c1-11-5(8(9)10)4-6-2-3-7-4/h6-7H,2-3H2,1H3. The van der Waals surface area contributed by atoms with Crippen LogP contribution in [-0.2, 0) is 0 Å². The number of hydrogen-bond donors (Lipinski definition) is 2. The van der Waals surface area contributed by atoms with Gasteiger partial charge in [-0.3, -0.25) is 10.1 Å². The highest BCUT2D eigenvalue weighted by Gasteiger charge is 2.19. The first-order valence-corrected chi connectivity index (χ1v) is 4.38. The normalized spacial score (nSPS) is 15.5. The van der Waals surface area contributed by atoms with Crippen LogP contribution < -0.4 is 10.6 Å². The lowest BCUT2D eigenvalue weighted by Gasteiger charge is -1.99. The maximum absolute atomic E-state index is 10.4. The lowest BCUT2D eigenvalue weighted by molar-refractivity contribution is -0.412. The molecule has 0 radical (unpaired) electrons. The lowest BCUT2D eigenvalue weighted by atomic mass is 10.7. The second-order valence-electron chi connectivity index (χ2n) is 1.99. The van der Waals surface area contributed by atoms with E-state index in [0.29, 0.717) is 5.82 Å². The van der Waals surface area contributed by atoms with Crippen molar-refractivity contribution in [3.63, 3.8) is 0 Å². The third kappa shape index (κ3) is 1.76. The van der Waals surface area contributed by atoms with Gasteiger partial charge in [0.1, 0.15) is 0 Å². The average molecular weight is 175 g/mol. The van der Waals surface area contributed by atoms with Crippen molar-refractivity contribution in [2.75, 3.05) is 19.3 Å². The number of nitrogens with one attached hydrogen (secondary N) is 2. The lowest BCUT2D eigenvalue weighted by Crippen LogP contribution is -2.15. The third-order valence-corrected chi connectivity index (χ3v) is 2.04. The fraction of sp³-hybridized carbons (Fsp3) is 0.600. The molecule has 0 atom stereocenters. The SMILES string of the molecule is CSC(=C1NCCN1)[N+](=O)[O-]. The van der Waals surface area contributed by atoms with Crippen LogP contribution in [0.3, 0.4) is 0 Å². The largest absolute Gasteiger partial charge is 0.364 e. The molecule has 2 N–H and O–H groups in total. The van der Waals surface area contributed by atoms with E-state index in [4.69, 9.17) is 0 Å². The summed E-state index contributed by atoms with van der Waals surface area (Å²) in [5, 5.41) is 16.3. The van der Waals surface area contributed by atoms with Gasteiger partial charge in [0.25, 0.3) is 0 Å². The van der Waals surface area contributed by atoms with Crippen molar-refractivity contribution >= 4 is 11.8 Å². The Labute approximate surface area is 68.4 Å². The van der Waals surface area contributed by atoms with E-state index in [1.165, 1.54) is 0 Å². The van der Waals surface area contributed by atoms with E-state index in [9.17, 15) is 10.1 Å². The molecular formula is C5H9N3O2S. The van der Waals surface area contributed by atoms with Gasteiger partial charge >= 0.3 is 5.03 Å². The second-order valence-corrected chi connectivity index (χ2v) is 2.79. The molecule has 6 heteroatoms. The minimum absolute atomic E-state index is 0.155. The molecule has 0 unspecified atom stereocenters. The minimum Gasteiger partial charge on any atom is -0.364 e. The van der Waals surface area contributed by atoms with Crippen LogP contribution in [0, 0.1) is 10.1 Å². The highest BCUT2D eigenvalue weighted by molar-refractivity contribution is 8.02. The Morgan fingerprint density at radius 3 is 2.55 bits per heavy atom. The van der Waals surface area contributed by atoms with Crippen LogP contribution in [0.1, 0.15) is 0 Å². The number of nitrogens with zero attached hydrogens (tertiary/aromatic N) is 1. The Bertz CT molecular complexity index is 196. The van der Waals surface area contributed by atoms with Crippen LogP contribution in [-0.4, -0.2) is 24.3 Å². The van der Waals surface area contributed by atoms with Gasteiger partial charge in [-0.05, 0) is 6.26 Å². The summed E-state index contributed by atoms with van der Waals surface area (Å²) in [4.78, 5) is 9.98. The van der Waals surface area contributed by atoms with Crippen molar-refractivity contribution < 1.29 is 4.92 Å². The molecule has 1 saturated heterocycles. The molecule has 5 nitrogen and oxygen atoms in total. The highest BCUT2D eigenvalue weighted by atomic mass is 32.2. The quantitative estimate of drug-likeness (QED) is 0.455. The molecule has 0 amide bonds. The fourth-order valence-electron chi connectivity index (χ4n) is 0.857. The van der Waals surface area contributed by atoms with Crippen LogP contribution >= 0.6 is 11.8 Å². The summed E-state index contributed by atoms with van der Waals surface area (Å²) in [5.41, 5.74) is 0. The molecule has 0 aromatic rings. The van der Waals surface area contributed by atoms with E-state index >= 15 is 0 Å². The molecule has 11 heavy (non-hydrogen) atoms. The molecule has 1 aliphatic heterocycles. The van der Waals surface area contributed by atoms with Crippen molar-refractivity contribution in [2.24, 2.45) is 0 Å². The van der Waals surface area contributed by atoms with Crippen LogP contribution in [0.4, 0.5) is 0 Å². The Morgan fingerprint density at radius 2 is 2.18 bits per heavy atom. The molecule has 0 saturated carbocycles. The Balaban J connectivity index is 2.78. The minimum atomic E-state index is -0.384. The van der Waals surface area contributed by atoms with Gasteiger partial charge in [0, 0.05) is 13.1 Å². The van der Waals surface area contributed by atoms with E-state index in [-0.39, 0.29) is 9.95 Å². The van der Waals surface area contributed by atoms with Crippen LogP contribution in [0.25, 0.3) is 0 Å². The summed E-state index contributed by atoms with van der Waals surface area (Å²) in [6, 6.07) is 0. The van der Waals surface area contributed by atoms with Gasteiger partial charge in [0.05, 0.1) is 4.92 Å². The van der Waals surface area contributed by atoms with Crippen LogP contribution in [0.2, 0.25) is 0 Å². The zero-order valence-electron chi connectivity index (χ0n) is 6.09. The van der Waals surface area contributed by atoms with E-state index < -0.39 is 0 Å². The zero-order valence-corrected chi connectivity index (χ0v) is 6.90. The van der Waals surface area contributed by atoms with Gasteiger partial charge < -0.3 is 10.6 Å². The third-order valence-electron chi connectivity index (χ3n) is 1.30. The molecule has 0 bridgehead atoms. The van der Waals surface area contributed by atoms with Gasteiger partial charge in [-0.15, -0.1) is 0 Å². The van der Waals surface area contributed by atoms with Gasteiger partial charge in [0.15, 0.2) is 5.82 Å². The average Bonchev–Trinajstić information content (AvgIpc) is 2.40. The summed E-state index contributed by atoms with van der Waals surface area (Å²) in [6.07, 6.45) is 1.69. The van der Waals surface area contributed by atoms with Crippen molar-refractivity contribution in [1.82, 2.24) is 10.6 Å². The molecule has 1 rings (SSSR count). The molecule has 0 aromatic heterocycles. The fourth-order valence-corrected chi connectivity index (χ4v) is 1.35. The number of hydrogen-bond acceptors (Lipinski definition) is 5. The molecular weight excluding hydrogens is 166 g/mol. The predicted molar refractivity (Wildman–Crippen MR) is 43.5 cm³/mol. The maximum Gasteiger partial charge on any atom is 0.342 e. The Kier molecular flexibility index (Phi) is 2.58. The molecule has 0 aliphatic carbocycles. The predicted octanol–water partition coefficient (Wildman–Crippen LogP) is -0.0545. The monoisotopic (exact) mass is 175 g/mol. The van der Waals surface area contributed by atoms with Crippen molar-refractivity contribution in [3.05, 3.63) is 21.0 Å². The molecule has 1 aliphatic rings. The summed E-state index contributed by atoms with van der Waals surface area (Å²) in [7, 11) is 0. The first kappa shape index (κ1) is 8.19. The van der Waals surface area contributed by atoms with Crippen molar-refractivity contribution in [3.8, 4) is 0 Å². The van der Waals surface area contributed by atoms with E-state index in [1.54, 1.807) is 6.26 Å². The van der Waals surface area contributed by atoms with Crippen molar-refractivity contribution in [1.29, 1.82) is 0 Å². The van der Waals surface area contributed by atoms with Gasteiger partial charge in [0.2, 0.25) is 0 Å². The van der Waals surface area contributed by atoms with Crippen LogP contribution in [0.15, 0.2) is 10.9 Å². The summed E-state index contributed by atoms with van der Waals surface area (Å²) < 4.78 is 0. The van der Waals surface area contributed by atoms with Gasteiger partial charge in [-0.1, -0.05) is 11.8 Å². The highest BCUT2D eigenvalue weighted by Crippen LogP contribution is 2.15. The maximum atomic E-state index is 10.4. The molecule has 0 aromatic carbocycles. The van der Waals surface area contributed by atoms with Crippen LogP contribution in [0.5, 0.6) is 0 Å². The summed E-state index contributed by atoms with van der Waals surface area (Å²) in [6.45, 7) is 1.51. The van der Waals surface area contributed by atoms with E-state index in [0.717, 1.165) is 24.9 Å². The first-order chi connectivity index (χ1) is 5.25. The van der Waals surface area contributed by atoms with Gasteiger partial charge in [-0.2, -0.15) is 0 Å². The summed E-state index contributed by atoms with van der Waals surface area (Å²) >= 11 is 1.13. The zero-order chi connectivity index (χ0) is 8.27. The number of nitro groups is 1. The van der Waals surface area contributed by atoms with E-state index in [2.05, 4.69) is 10.6 Å². The number of thioether (sulfide) groups is 1. The second kappa shape index (κ2) is 3.47. The molecule has 62 valence electrons. The van der Waals surface area contributed by atoms with Gasteiger partial charge in [-0.25, -0.2) is 0 Å². The summed E-state index contributed by atoms with van der Waals surface area (Å²) in [5.74, 6) is 0.544.